The fourth-order valence-electron chi connectivity index (χ4n) is 1.23. The van der Waals surface area contributed by atoms with Crippen molar-refractivity contribution in [1.82, 2.24) is 0 Å². The maximum absolute atomic E-state index is 5.77. The fraction of sp³-hybridized carbons (Fsp3) is 0.500. The summed E-state index contributed by atoms with van der Waals surface area (Å²) in [4.78, 5) is 0. The van der Waals surface area contributed by atoms with Gasteiger partial charge in [-0.05, 0) is 18.9 Å². The SMILES string of the molecule is CCCCC[n+]1ccccc1N. The van der Waals surface area contributed by atoms with Crippen LogP contribution in [0.25, 0.3) is 0 Å². The number of nitrogens with two attached hydrogens (primary N) is 1. The second kappa shape index (κ2) is 4.75. The lowest BCUT2D eigenvalue weighted by atomic mass is 10.2. The molecule has 0 aliphatic carbocycles. The molecule has 0 fully saturated rings. The van der Waals surface area contributed by atoms with Gasteiger partial charge in [0.05, 0.1) is 12.7 Å². The Labute approximate surface area is 74.0 Å². The van der Waals surface area contributed by atoms with Gasteiger partial charge in [-0.3, -0.25) is 5.73 Å². The van der Waals surface area contributed by atoms with Crippen LogP contribution in [0.5, 0.6) is 0 Å². The van der Waals surface area contributed by atoms with Gasteiger partial charge >= 0.3 is 0 Å². The minimum absolute atomic E-state index is 0.855. The van der Waals surface area contributed by atoms with Gasteiger partial charge in [0.25, 0.3) is 5.82 Å². The summed E-state index contributed by atoms with van der Waals surface area (Å²) in [6, 6.07) is 5.92. The third-order valence-electron chi connectivity index (χ3n) is 1.98. The van der Waals surface area contributed by atoms with Crippen molar-refractivity contribution in [2.75, 3.05) is 5.73 Å². The summed E-state index contributed by atoms with van der Waals surface area (Å²) in [7, 11) is 0. The fourth-order valence-corrected chi connectivity index (χ4v) is 1.23. The average molecular weight is 165 g/mol. The number of nitrogen functional groups attached to an aromatic ring is 1. The van der Waals surface area contributed by atoms with Crippen LogP contribution in [0, 0.1) is 0 Å². The zero-order valence-corrected chi connectivity index (χ0v) is 7.66. The molecule has 0 saturated heterocycles. The van der Waals surface area contributed by atoms with Crippen molar-refractivity contribution in [2.24, 2.45) is 0 Å². The van der Waals surface area contributed by atoms with Crippen LogP contribution in [0.15, 0.2) is 24.4 Å². The molecule has 1 rings (SSSR count). The van der Waals surface area contributed by atoms with Gasteiger partial charge < -0.3 is 0 Å². The molecule has 12 heavy (non-hydrogen) atoms. The first-order valence-electron chi connectivity index (χ1n) is 4.58. The lowest BCUT2D eigenvalue weighted by Gasteiger charge is -2.00. The topological polar surface area (TPSA) is 29.9 Å². The predicted octanol–water partition coefficient (Wildman–Crippen LogP) is 1.75. The van der Waals surface area contributed by atoms with E-state index in [2.05, 4.69) is 11.5 Å². The van der Waals surface area contributed by atoms with Crippen LogP contribution in [0.1, 0.15) is 26.2 Å². The summed E-state index contributed by atoms with van der Waals surface area (Å²) >= 11 is 0. The number of aromatic nitrogens is 1. The molecular weight excluding hydrogens is 148 g/mol. The Hall–Kier alpha value is -1.05. The Morgan fingerprint density at radius 3 is 2.83 bits per heavy atom. The quantitative estimate of drug-likeness (QED) is 0.534. The molecule has 1 heterocycles. The summed E-state index contributed by atoms with van der Waals surface area (Å²) in [6.45, 7) is 3.25. The number of pyridine rings is 1. The van der Waals surface area contributed by atoms with E-state index in [0.29, 0.717) is 0 Å². The Bertz CT molecular complexity index is 233. The number of unbranched alkanes of at least 4 members (excludes halogenated alkanes) is 2. The van der Waals surface area contributed by atoms with Crippen LogP contribution in [-0.2, 0) is 6.54 Å². The van der Waals surface area contributed by atoms with E-state index in [9.17, 15) is 0 Å². The van der Waals surface area contributed by atoms with Crippen molar-refractivity contribution in [1.29, 1.82) is 0 Å². The molecule has 0 aliphatic rings. The van der Waals surface area contributed by atoms with Crippen LogP contribution >= 0.6 is 0 Å². The molecule has 1 aromatic heterocycles. The third kappa shape index (κ3) is 2.53. The van der Waals surface area contributed by atoms with Gasteiger partial charge in [-0.1, -0.05) is 19.4 Å². The number of anilines is 1. The highest BCUT2D eigenvalue weighted by Gasteiger charge is 1.99. The molecule has 0 spiro atoms. The largest absolute Gasteiger partial charge is 0.287 e. The minimum Gasteiger partial charge on any atom is -0.287 e. The molecule has 0 unspecified atom stereocenters. The first-order valence-corrected chi connectivity index (χ1v) is 4.58. The van der Waals surface area contributed by atoms with Gasteiger partial charge in [-0.25, -0.2) is 4.57 Å². The van der Waals surface area contributed by atoms with E-state index < -0.39 is 0 Å². The number of rotatable bonds is 4. The van der Waals surface area contributed by atoms with E-state index in [0.717, 1.165) is 12.4 Å². The van der Waals surface area contributed by atoms with Crippen molar-refractivity contribution in [3.63, 3.8) is 0 Å². The van der Waals surface area contributed by atoms with Crippen LogP contribution in [0.2, 0.25) is 0 Å². The standard InChI is InChI=1S/C10H16N2/c1-2-3-5-8-12-9-6-4-7-10(12)11/h4,6-7,9,11H,2-3,5,8H2,1H3/p+1. The van der Waals surface area contributed by atoms with Crippen molar-refractivity contribution >= 4 is 5.82 Å². The molecule has 2 N–H and O–H groups in total. The number of nitrogens with zero attached hydrogens (tertiary/aromatic N) is 1. The lowest BCUT2D eigenvalue weighted by Crippen LogP contribution is -2.36. The molecule has 0 aromatic carbocycles. The maximum atomic E-state index is 5.77. The second-order valence-corrected chi connectivity index (χ2v) is 3.03. The highest BCUT2D eigenvalue weighted by molar-refractivity contribution is 5.18. The zero-order valence-electron chi connectivity index (χ0n) is 7.66. The Morgan fingerprint density at radius 1 is 1.33 bits per heavy atom. The first-order chi connectivity index (χ1) is 5.84. The molecule has 0 saturated carbocycles. The molecule has 0 atom stereocenters. The smallest absolute Gasteiger partial charge is 0.272 e. The maximum Gasteiger partial charge on any atom is 0.272 e. The van der Waals surface area contributed by atoms with E-state index in [1.54, 1.807) is 0 Å². The van der Waals surface area contributed by atoms with Crippen LogP contribution in [-0.4, -0.2) is 0 Å². The molecule has 2 nitrogen and oxygen atoms in total. The van der Waals surface area contributed by atoms with Crippen molar-refractivity contribution in [3.05, 3.63) is 24.4 Å². The van der Waals surface area contributed by atoms with Gasteiger partial charge in [-0.15, -0.1) is 0 Å². The van der Waals surface area contributed by atoms with Crippen molar-refractivity contribution in [2.45, 2.75) is 32.7 Å². The summed E-state index contributed by atoms with van der Waals surface area (Å²) in [5.41, 5.74) is 5.77. The molecule has 1 aromatic rings. The van der Waals surface area contributed by atoms with Crippen molar-refractivity contribution in [3.8, 4) is 0 Å². The lowest BCUT2D eigenvalue weighted by molar-refractivity contribution is -0.683. The monoisotopic (exact) mass is 165 g/mol. The molecule has 0 aliphatic heterocycles. The van der Waals surface area contributed by atoms with E-state index in [-0.39, 0.29) is 0 Å². The number of hydrogen-bond acceptors (Lipinski definition) is 1. The zero-order chi connectivity index (χ0) is 8.81. The minimum atomic E-state index is 0.855. The summed E-state index contributed by atoms with van der Waals surface area (Å²) < 4.78 is 2.09. The van der Waals surface area contributed by atoms with Crippen molar-refractivity contribution < 1.29 is 4.57 Å². The highest BCUT2D eigenvalue weighted by atomic mass is 15.0. The summed E-state index contributed by atoms with van der Waals surface area (Å²) in [5, 5.41) is 0. The molecular formula is C10H17N2+. The normalized spacial score (nSPS) is 10.1. The van der Waals surface area contributed by atoms with E-state index in [1.165, 1.54) is 19.3 Å². The van der Waals surface area contributed by atoms with Gasteiger partial charge in [0, 0.05) is 6.07 Å². The van der Waals surface area contributed by atoms with E-state index in [4.69, 9.17) is 5.73 Å². The van der Waals surface area contributed by atoms with Crippen LogP contribution in [0.4, 0.5) is 5.82 Å². The highest BCUT2D eigenvalue weighted by Crippen LogP contribution is 1.96. The molecule has 2 heteroatoms. The van der Waals surface area contributed by atoms with Crippen LogP contribution in [0.3, 0.4) is 0 Å². The number of hydrogen-bond donors (Lipinski definition) is 1. The van der Waals surface area contributed by atoms with Crippen LogP contribution < -0.4 is 10.3 Å². The molecule has 0 amide bonds. The second-order valence-electron chi connectivity index (χ2n) is 3.03. The van der Waals surface area contributed by atoms with Gasteiger partial charge in [0.15, 0.2) is 0 Å². The van der Waals surface area contributed by atoms with Gasteiger partial charge in [-0.2, -0.15) is 0 Å². The van der Waals surface area contributed by atoms with Gasteiger partial charge in [0.1, 0.15) is 0 Å². The molecule has 66 valence electrons. The van der Waals surface area contributed by atoms with E-state index in [1.807, 2.05) is 24.4 Å². The Morgan fingerprint density at radius 2 is 2.17 bits per heavy atom. The Kier molecular flexibility index (Phi) is 3.58. The Balaban J connectivity index is 2.46. The molecule has 0 bridgehead atoms. The molecule has 0 radical (unpaired) electrons. The summed E-state index contributed by atoms with van der Waals surface area (Å²) in [6.07, 6.45) is 5.79. The predicted molar refractivity (Wildman–Crippen MR) is 50.6 cm³/mol. The number of aryl methyl sites for hydroxylation is 1. The average Bonchev–Trinajstić information content (AvgIpc) is 2.09. The van der Waals surface area contributed by atoms with Gasteiger partial charge in [0.2, 0.25) is 0 Å². The summed E-state index contributed by atoms with van der Waals surface area (Å²) in [5.74, 6) is 0.855. The van der Waals surface area contributed by atoms with E-state index >= 15 is 0 Å². The third-order valence-corrected chi connectivity index (χ3v) is 1.98. The first kappa shape index (κ1) is 9.04.